The Morgan fingerprint density at radius 2 is 2.07 bits per heavy atom. The number of carboxylic acids is 1. The van der Waals surface area contributed by atoms with E-state index in [0.717, 1.165) is 25.3 Å². The molecule has 0 saturated carbocycles. The molecule has 82 valence electrons. The molecular weight excluding hydrogens is 192 g/mol. The molecule has 0 unspecified atom stereocenters. The molecule has 1 fully saturated rings. The molecule has 15 heavy (non-hydrogen) atoms. The Morgan fingerprint density at radius 1 is 1.40 bits per heavy atom. The largest absolute Gasteiger partial charge is 0.477 e. The van der Waals surface area contributed by atoms with Gasteiger partial charge in [0.25, 0.3) is 0 Å². The molecule has 4 heteroatoms. The Balaban J connectivity index is 2.11. The lowest BCUT2D eigenvalue weighted by Crippen LogP contribution is -2.20. The zero-order valence-corrected chi connectivity index (χ0v) is 8.94. The summed E-state index contributed by atoms with van der Waals surface area (Å²) in [5.41, 5.74) is 1.44. The third-order valence-corrected chi connectivity index (χ3v) is 3.03. The summed E-state index contributed by atoms with van der Waals surface area (Å²) < 4.78 is 1.76. The van der Waals surface area contributed by atoms with Crippen molar-refractivity contribution in [2.75, 3.05) is 13.1 Å². The second kappa shape index (κ2) is 4.06. The van der Waals surface area contributed by atoms with Crippen molar-refractivity contribution in [3.05, 3.63) is 23.5 Å². The fourth-order valence-corrected chi connectivity index (χ4v) is 2.10. The molecule has 1 aliphatic heterocycles. The van der Waals surface area contributed by atoms with Crippen LogP contribution in [0.1, 0.15) is 29.0 Å². The first-order valence-electron chi connectivity index (χ1n) is 5.29. The van der Waals surface area contributed by atoms with Gasteiger partial charge in [0.15, 0.2) is 0 Å². The number of aromatic nitrogens is 1. The normalized spacial score (nSPS) is 17.1. The van der Waals surface area contributed by atoms with Gasteiger partial charge in [-0.2, -0.15) is 0 Å². The molecule has 2 rings (SSSR count). The van der Waals surface area contributed by atoms with Gasteiger partial charge in [0.2, 0.25) is 0 Å². The van der Waals surface area contributed by atoms with Crippen LogP contribution >= 0.6 is 0 Å². The van der Waals surface area contributed by atoms with Crippen molar-refractivity contribution in [3.8, 4) is 0 Å². The number of carbonyl (C=O) groups is 1. The number of hydrogen-bond acceptors (Lipinski definition) is 2. The van der Waals surface area contributed by atoms with Crippen molar-refractivity contribution in [2.45, 2.75) is 19.4 Å². The zero-order chi connectivity index (χ0) is 10.8. The van der Waals surface area contributed by atoms with Gasteiger partial charge < -0.3 is 9.67 Å². The van der Waals surface area contributed by atoms with Crippen LogP contribution in [-0.2, 0) is 13.6 Å². The van der Waals surface area contributed by atoms with Gasteiger partial charge in [-0.3, -0.25) is 4.90 Å². The summed E-state index contributed by atoms with van der Waals surface area (Å²) in [6.07, 6.45) is 2.52. The lowest BCUT2D eigenvalue weighted by atomic mass is 10.4. The van der Waals surface area contributed by atoms with Gasteiger partial charge in [-0.1, -0.05) is 0 Å². The molecule has 0 aromatic carbocycles. The zero-order valence-electron chi connectivity index (χ0n) is 8.94. The summed E-state index contributed by atoms with van der Waals surface area (Å²) in [4.78, 5) is 13.2. The van der Waals surface area contributed by atoms with Crippen LogP contribution in [0.2, 0.25) is 0 Å². The fourth-order valence-electron chi connectivity index (χ4n) is 2.10. The smallest absolute Gasteiger partial charge is 0.352 e. The summed E-state index contributed by atoms with van der Waals surface area (Å²) >= 11 is 0. The second-order valence-corrected chi connectivity index (χ2v) is 4.06. The van der Waals surface area contributed by atoms with E-state index in [2.05, 4.69) is 4.90 Å². The number of likely N-dealkylation sites (tertiary alicyclic amines) is 1. The third-order valence-electron chi connectivity index (χ3n) is 3.03. The number of rotatable bonds is 3. The maximum atomic E-state index is 10.8. The monoisotopic (exact) mass is 208 g/mol. The van der Waals surface area contributed by atoms with Gasteiger partial charge in [-0.15, -0.1) is 0 Å². The molecular formula is C11H16N2O2. The lowest BCUT2D eigenvalue weighted by Gasteiger charge is -2.15. The molecule has 1 aromatic heterocycles. The average Bonchev–Trinajstić information content (AvgIpc) is 2.78. The highest BCUT2D eigenvalue weighted by molar-refractivity contribution is 5.86. The van der Waals surface area contributed by atoms with Crippen molar-refractivity contribution in [1.29, 1.82) is 0 Å². The van der Waals surface area contributed by atoms with Crippen LogP contribution in [0.4, 0.5) is 0 Å². The SMILES string of the molecule is Cn1c(CN2CCCC2)ccc1C(=O)O. The highest BCUT2D eigenvalue weighted by Gasteiger charge is 2.16. The van der Waals surface area contributed by atoms with E-state index in [0.29, 0.717) is 5.69 Å². The summed E-state index contributed by atoms with van der Waals surface area (Å²) in [5, 5.41) is 8.91. The van der Waals surface area contributed by atoms with Gasteiger partial charge in [0, 0.05) is 19.3 Å². The van der Waals surface area contributed by atoms with Crippen molar-refractivity contribution >= 4 is 5.97 Å². The van der Waals surface area contributed by atoms with Crippen LogP contribution in [0.15, 0.2) is 12.1 Å². The van der Waals surface area contributed by atoms with Crippen molar-refractivity contribution in [3.63, 3.8) is 0 Å². The molecule has 0 spiro atoms. The van der Waals surface area contributed by atoms with Gasteiger partial charge in [0.1, 0.15) is 5.69 Å². The van der Waals surface area contributed by atoms with E-state index in [-0.39, 0.29) is 0 Å². The highest BCUT2D eigenvalue weighted by Crippen LogP contribution is 2.14. The van der Waals surface area contributed by atoms with Crippen LogP contribution in [0.3, 0.4) is 0 Å². The number of nitrogens with zero attached hydrogens (tertiary/aromatic N) is 2. The van der Waals surface area contributed by atoms with Crippen LogP contribution in [0.5, 0.6) is 0 Å². The van der Waals surface area contributed by atoms with Crippen LogP contribution in [0, 0.1) is 0 Å². The van der Waals surface area contributed by atoms with E-state index < -0.39 is 5.97 Å². The van der Waals surface area contributed by atoms with E-state index in [1.165, 1.54) is 12.8 Å². The van der Waals surface area contributed by atoms with E-state index in [1.807, 2.05) is 13.1 Å². The molecule has 1 aromatic rings. The lowest BCUT2D eigenvalue weighted by molar-refractivity contribution is 0.0686. The molecule has 1 aliphatic rings. The maximum Gasteiger partial charge on any atom is 0.352 e. The molecule has 0 atom stereocenters. The predicted octanol–water partition coefficient (Wildman–Crippen LogP) is 1.32. The van der Waals surface area contributed by atoms with Gasteiger partial charge in [-0.05, 0) is 38.1 Å². The topological polar surface area (TPSA) is 45.5 Å². The quantitative estimate of drug-likeness (QED) is 0.814. The molecule has 1 saturated heterocycles. The standard InChI is InChI=1S/C11H16N2O2/c1-12-9(4-5-10(12)11(14)15)8-13-6-2-3-7-13/h4-5H,2-3,6-8H2,1H3,(H,14,15). The molecule has 0 radical (unpaired) electrons. The summed E-state index contributed by atoms with van der Waals surface area (Å²) in [5.74, 6) is -0.856. The summed E-state index contributed by atoms with van der Waals surface area (Å²) in [6, 6.07) is 3.58. The molecule has 0 bridgehead atoms. The maximum absolute atomic E-state index is 10.8. The van der Waals surface area contributed by atoms with Crippen molar-refractivity contribution in [1.82, 2.24) is 9.47 Å². The van der Waals surface area contributed by atoms with E-state index in [9.17, 15) is 4.79 Å². The highest BCUT2D eigenvalue weighted by atomic mass is 16.4. The molecule has 2 heterocycles. The van der Waals surface area contributed by atoms with Gasteiger partial charge >= 0.3 is 5.97 Å². The Hall–Kier alpha value is -1.29. The number of hydrogen-bond donors (Lipinski definition) is 1. The van der Waals surface area contributed by atoms with E-state index >= 15 is 0 Å². The third kappa shape index (κ3) is 2.04. The van der Waals surface area contributed by atoms with Gasteiger partial charge in [-0.25, -0.2) is 4.79 Å². The first-order valence-corrected chi connectivity index (χ1v) is 5.29. The molecule has 1 N–H and O–H groups in total. The Kier molecular flexibility index (Phi) is 2.77. The number of aromatic carboxylic acids is 1. The Morgan fingerprint density at radius 3 is 2.60 bits per heavy atom. The second-order valence-electron chi connectivity index (χ2n) is 4.06. The minimum absolute atomic E-state index is 0.365. The van der Waals surface area contributed by atoms with E-state index in [1.54, 1.807) is 10.6 Å². The average molecular weight is 208 g/mol. The summed E-state index contributed by atoms with van der Waals surface area (Å²) in [7, 11) is 1.81. The Labute approximate surface area is 89.1 Å². The molecule has 0 aliphatic carbocycles. The first-order chi connectivity index (χ1) is 7.18. The minimum atomic E-state index is -0.856. The molecule has 4 nitrogen and oxygen atoms in total. The fraction of sp³-hybridized carbons (Fsp3) is 0.545. The van der Waals surface area contributed by atoms with Crippen LogP contribution < -0.4 is 0 Å². The molecule has 0 amide bonds. The Bertz CT molecular complexity index is 365. The minimum Gasteiger partial charge on any atom is -0.477 e. The predicted molar refractivity (Wildman–Crippen MR) is 56.9 cm³/mol. The van der Waals surface area contributed by atoms with E-state index in [4.69, 9.17) is 5.11 Å². The number of carboxylic acid groups (broad SMARTS) is 1. The van der Waals surface area contributed by atoms with Crippen LogP contribution in [-0.4, -0.2) is 33.6 Å². The summed E-state index contributed by atoms with van der Waals surface area (Å²) in [6.45, 7) is 3.13. The van der Waals surface area contributed by atoms with Crippen LogP contribution in [0.25, 0.3) is 0 Å². The van der Waals surface area contributed by atoms with Gasteiger partial charge in [0.05, 0.1) is 0 Å². The van der Waals surface area contributed by atoms with Crippen molar-refractivity contribution < 1.29 is 9.90 Å². The first kappa shape index (κ1) is 10.2. The van der Waals surface area contributed by atoms with Crippen molar-refractivity contribution in [2.24, 2.45) is 7.05 Å².